The van der Waals surface area contributed by atoms with Gasteiger partial charge in [-0.3, -0.25) is 0 Å². The highest BCUT2D eigenvalue weighted by Gasteiger charge is 2.24. The number of likely N-dealkylation sites (N-methyl/N-ethyl adjacent to an activating group) is 1. The van der Waals surface area contributed by atoms with Crippen LogP contribution in [0.5, 0.6) is 0 Å². The van der Waals surface area contributed by atoms with Crippen molar-refractivity contribution >= 4 is 11.8 Å². The second kappa shape index (κ2) is 7.35. The van der Waals surface area contributed by atoms with Crippen LogP contribution >= 0.6 is 11.8 Å². The Balaban J connectivity index is 1.99. The van der Waals surface area contributed by atoms with Gasteiger partial charge in [-0.25, -0.2) is 0 Å². The third-order valence-corrected chi connectivity index (χ3v) is 5.29. The molecule has 1 aromatic carbocycles. The van der Waals surface area contributed by atoms with Crippen molar-refractivity contribution in [2.45, 2.75) is 45.6 Å². The van der Waals surface area contributed by atoms with Crippen molar-refractivity contribution in [2.24, 2.45) is 5.92 Å². The Bertz CT molecular complexity index is 365. The molecule has 0 radical (unpaired) electrons. The van der Waals surface area contributed by atoms with Gasteiger partial charge in [0, 0.05) is 6.04 Å². The Morgan fingerprint density at radius 1 is 1.26 bits per heavy atom. The van der Waals surface area contributed by atoms with Crippen molar-refractivity contribution in [3.63, 3.8) is 0 Å². The summed E-state index contributed by atoms with van der Waals surface area (Å²) in [4.78, 5) is 0. The molecule has 2 atom stereocenters. The summed E-state index contributed by atoms with van der Waals surface area (Å²) in [5.74, 6) is 4.17. The summed E-state index contributed by atoms with van der Waals surface area (Å²) in [5.41, 5.74) is 2.92. The van der Waals surface area contributed by atoms with E-state index in [2.05, 4.69) is 62.1 Å². The summed E-state index contributed by atoms with van der Waals surface area (Å²) >= 11 is 2.11. The molecule has 0 aliphatic carbocycles. The fourth-order valence-corrected chi connectivity index (χ4v) is 4.17. The van der Waals surface area contributed by atoms with Crippen LogP contribution in [0.15, 0.2) is 24.3 Å². The SMILES string of the molecule is CCNC(Cc1ccc(C(C)C)cc1)C1CCSC1. The van der Waals surface area contributed by atoms with Gasteiger partial charge in [0.15, 0.2) is 0 Å². The van der Waals surface area contributed by atoms with Crippen LogP contribution < -0.4 is 5.32 Å². The van der Waals surface area contributed by atoms with E-state index in [4.69, 9.17) is 0 Å². The first-order valence-electron chi connectivity index (χ1n) is 7.60. The molecule has 19 heavy (non-hydrogen) atoms. The average Bonchev–Trinajstić information content (AvgIpc) is 2.92. The van der Waals surface area contributed by atoms with E-state index in [0.29, 0.717) is 12.0 Å². The molecule has 0 saturated carbocycles. The van der Waals surface area contributed by atoms with Crippen LogP contribution in [-0.4, -0.2) is 24.1 Å². The topological polar surface area (TPSA) is 12.0 Å². The van der Waals surface area contributed by atoms with Crippen molar-refractivity contribution in [1.82, 2.24) is 5.32 Å². The fraction of sp³-hybridized carbons (Fsp3) is 0.647. The highest BCUT2D eigenvalue weighted by atomic mass is 32.2. The van der Waals surface area contributed by atoms with Gasteiger partial charge in [-0.15, -0.1) is 0 Å². The number of hydrogen-bond acceptors (Lipinski definition) is 2. The van der Waals surface area contributed by atoms with Crippen LogP contribution in [0.2, 0.25) is 0 Å². The zero-order chi connectivity index (χ0) is 13.7. The van der Waals surface area contributed by atoms with Gasteiger partial charge in [0.05, 0.1) is 0 Å². The predicted octanol–water partition coefficient (Wildman–Crippen LogP) is 4.08. The maximum atomic E-state index is 3.70. The molecule has 1 aliphatic heterocycles. The van der Waals surface area contributed by atoms with E-state index < -0.39 is 0 Å². The molecule has 1 nitrogen and oxygen atoms in total. The molecule has 1 N–H and O–H groups in total. The largest absolute Gasteiger partial charge is 0.314 e. The molecule has 106 valence electrons. The van der Waals surface area contributed by atoms with Crippen molar-refractivity contribution in [2.75, 3.05) is 18.1 Å². The van der Waals surface area contributed by atoms with Gasteiger partial charge in [-0.1, -0.05) is 45.0 Å². The molecule has 1 saturated heterocycles. The lowest BCUT2D eigenvalue weighted by Crippen LogP contribution is -2.38. The number of nitrogens with one attached hydrogen (secondary N) is 1. The Hall–Kier alpha value is -0.470. The maximum absolute atomic E-state index is 3.70. The zero-order valence-electron chi connectivity index (χ0n) is 12.5. The summed E-state index contributed by atoms with van der Waals surface area (Å²) < 4.78 is 0. The quantitative estimate of drug-likeness (QED) is 0.841. The Morgan fingerprint density at radius 3 is 2.53 bits per heavy atom. The molecule has 0 amide bonds. The van der Waals surface area contributed by atoms with Crippen molar-refractivity contribution in [1.29, 1.82) is 0 Å². The van der Waals surface area contributed by atoms with Crippen LogP contribution in [0.4, 0.5) is 0 Å². The molecule has 1 fully saturated rings. The van der Waals surface area contributed by atoms with Gasteiger partial charge in [0.1, 0.15) is 0 Å². The number of thioether (sulfide) groups is 1. The monoisotopic (exact) mass is 277 g/mol. The Labute approximate surface area is 122 Å². The molecule has 0 bridgehead atoms. The van der Waals surface area contributed by atoms with E-state index in [0.717, 1.165) is 12.5 Å². The number of benzene rings is 1. The molecule has 2 heteroatoms. The van der Waals surface area contributed by atoms with E-state index in [-0.39, 0.29) is 0 Å². The molecule has 1 aliphatic rings. The minimum absolute atomic E-state index is 0.629. The van der Waals surface area contributed by atoms with Crippen LogP contribution in [-0.2, 0) is 6.42 Å². The van der Waals surface area contributed by atoms with E-state index in [1.165, 1.54) is 35.5 Å². The minimum atomic E-state index is 0.629. The highest BCUT2D eigenvalue weighted by molar-refractivity contribution is 7.99. The maximum Gasteiger partial charge on any atom is 0.0144 e. The van der Waals surface area contributed by atoms with Crippen LogP contribution in [0.25, 0.3) is 0 Å². The number of rotatable bonds is 6. The summed E-state index contributed by atoms with van der Waals surface area (Å²) in [6.07, 6.45) is 2.56. The number of hydrogen-bond donors (Lipinski definition) is 1. The van der Waals surface area contributed by atoms with Gasteiger partial charge in [-0.2, -0.15) is 11.8 Å². The molecule has 1 heterocycles. The van der Waals surface area contributed by atoms with Crippen molar-refractivity contribution < 1.29 is 0 Å². The second-order valence-corrected chi connectivity index (χ2v) is 7.04. The summed E-state index contributed by atoms with van der Waals surface area (Å²) in [6.45, 7) is 7.81. The Morgan fingerprint density at radius 2 is 2.00 bits per heavy atom. The van der Waals surface area contributed by atoms with Gasteiger partial charge >= 0.3 is 0 Å². The van der Waals surface area contributed by atoms with Gasteiger partial charge in [0.2, 0.25) is 0 Å². The van der Waals surface area contributed by atoms with Gasteiger partial charge in [0.25, 0.3) is 0 Å². The standard InChI is InChI=1S/C17H27NS/c1-4-18-17(16-9-10-19-12-16)11-14-5-7-15(8-6-14)13(2)3/h5-8,13,16-18H,4,9-12H2,1-3H3. The molecule has 0 spiro atoms. The second-order valence-electron chi connectivity index (χ2n) is 5.89. The molecule has 2 rings (SSSR count). The van der Waals surface area contributed by atoms with E-state index in [1.54, 1.807) is 0 Å². The van der Waals surface area contributed by atoms with Gasteiger partial charge < -0.3 is 5.32 Å². The third kappa shape index (κ3) is 4.25. The smallest absolute Gasteiger partial charge is 0.0144 e. The molecular formula is C17H27NS. The lowest BCUT2D eigenvalue weighted by Gasteiger charge is -2.24. The predicted molar refractivity (Wildman–Crippen MR) is 87.1 cm³/mol. The lowest BCUT2D eigenvalue weighted by atomic mass is 9.92. The summed E-state index contributed by atoms with van der Waals surface area (Å²) in [5, 5.41) is 3.70. The first-order chi connectivity index (χ1) is 9.20. The summed E-state index contributed by atoms with van der Waals surface area (Å²) in [7, 11) is 0. The van der Waals surface area contributed by atoms with Crippen molar-refractivity contribution in [3.8, 4) is 0 Å². The van der Waals surface area contributed by atoms with Gasteiger partial charge in [-0.05, 0) is 53.9 Å². The molecule has 0 aromatic heterocycles. The van der Waals surface area contributed by atoms with Crippen LogP contribution in [0.3, 0.4) is 0 Å². The highest BCUT2D eigenvalue weighted by Crippen LogP contribution is 2.28. The first kappa shape index (κ1) is 14.9. The lowest BCUT2D eigenvalue weighted by molar-refractivity contribution is 0.387. The Kier molecular flexibility index (Phi) is 5.77. The third-order valence-electron chi connectivity index (χ3n) is 4.10. The summed E-state index contributed by atoms with van der Waals surface area (Å²) in [6, 6.07) is 9.90. The van der Waals surface area contributed by atoms with E-state index >= 15 is 0 Å². The minimum Gasteiger partial charge on any atom is -0.314 e. The van der Waals surface area contributed by atoms with E-state index in [9.17, 15) is 0 Å². The fourth-order valence-electron chi connectivity index (χ4n) is 2.83. The van der Waals surface area contributed by atoms with E-state index in [1.807, 2.05) is 0 Å². The first-order valence-corrected chi connectivity index (χ1v) is 8.76. The van der Waals surface area contributed by atoms with Crippen LogP contribution in [0.1, 0.15) is 44.2 Å². The average molecular weight is 277 g/mol. The van der Waals surface area contributed by atoms with Crippen molar-refractivity contribution in [3.05, 3.63) is 35.4 Å². The van der Waals surface area contributed by atoms with Crippen LogP contribution in [0, 0.1) is 5.92 Å². The zero-order valence-corrected chi connectivity index (χ0v) is 13.3. The molecule has 1 aromatic rings. The normalized spacial score (nSPS) is 20.9. The molecular weight excluding hydrogens is 250 g/mol. The molecule has 2 unspecified atom stereocenters.